The maximum Gasteiger partial charge on any atom is 0.220 e. The topological polar surface area (TPSA) is 49.3 Å². The molecule has 2 N–H and O–H groups in total. The van der Waals surface area contributed by atoms with Crippen molar-refractivity contribution in [1.29, 1.82) is 0 Å². The van der Waals surface area contributed by atoms with Crippen LogP contribution < -0.4 is 5.32 Å². The van der Waals surface area contributed by atoms with Gasteiger partial charge in [0.15, 0.2) is 0 Å². The maximum absolute atomic E-state index is 11.4. The van der Waals surface area contributed by atoms with Gasteiger partial charge in [0.2, 0.25) is 5.91 Å². The Morgan fingerprint density at radius 1 is 0.950 bits per heavy atom. The number of nitrogens with one attached hydrogen (secondary N) is 1. The molecule has 3 heteroatoms. The lowest BCUT2D eigenvalue weighted by Gasteiger charge is -2.06. The minimum Gasteiger partial charge on any atom is -0.393 e. The van der Waals surface area contributed by atoms with Crippen LogP contribution in [0, 0.1) is 0 Å². The van der Waals surface area contributed by atoms with E-state index in [9.17, 15) is 4.79 Å². The molecule has 0 aliphatic rings. The lowest BCUT2D eigenvalue weighted by Crippen LogP contribution is -2.25. The monoisotopic (exact) mass is 285 g/mol. The summed E-state index contributed by atoms with van der Waals surface area (Å²) in [4.78, 5) is 11.4. The summed E-state index contributed by atoms with van der Waals surface area (Å²) in [6, 6.07) is 0. The number of amides is 1. The summed E-state index contributed by atoms with van der Waals surface area (Å²) in [5.41, 5.74) is 0. The average molecular weight is 285 g/mol. The van der Waals surface area contributed by atoms with E-state index in [4.69, 9.17) is 5.11 Å². The van der Waals surface area contributed by atoms with Gasteiger partial charge in [0, 0.05) is 13.0 Å². The third kappa shape index (κ3) is 15.5. The van der Waals surface area contributed by atoms with Crippen molar-refractivity contribution in [1.82, 2.24) is 5.32 Å². The molecule has 0 rings (SSSR count). The van der Waals surface area contributed by atoms with Gasteiger partial charge in [-0.25, -0.2) is 0 Å². The summed E-state index contributed by atoms with van der Waals surface area (Å²) in [5, 5.41) is 12.0. The summed E-state index contributed by atoms with van der Waals surface area (Å²) in [7, 11) is 0. The first-order valence-corrected chi connectivity index (χ1v) is 8.61. The van der Waals surface area contributed by atoms with Crippen LogP contribution >= 0.6 is 0 Å². The number of unbranched alkanes of at least 4 members (excludes halogenated alkanes) is 9. The fraction of sp³-hybridized carbons (Fsp3) is 0.941. The van der Waals surface area contributed by atoms with Gasteiger partial charge >= 0.3 is 0 Å². The van der Waals surface area contributed by atoms with Crippen LogP contribution in [0.4, 0.5) is 0 Å². The zero-order valence-electron chi connectivity index (χ0n) is 13.6. The Kier molecular flexibility index (Phi) is 14.4. The van der Waals surface area contributed by atoms with Crippen LogP contribution in [-0.2, 0) is 4.79 Å². The Bertz CT molecular complexity index is 217. The van der Waals surface area contributed by atoms with Crippen LogP contribution in [0.5, 0.6) is 0 Å². The second-order valence-corrected chi connectivity index (χ2v) is 5.92. The summed E-state index contributed by atoms with van der Waals surface area (Å²) in [5.74, 6) is 0.0711. The highest BCUT2D eigenvalue weighted by molar-refractivity contribution is 5.75. The molecule has 0 aromatic carbocycles. The first-order chi connectivity index (χ1) is 9.66. The number of rotatable bonds is 14. The molecule has 0 aromatic heterocycles. The van der Waals surface area contributed by atoms with E-state index in [2.05, 4.69) is 12.2 Å². The van der Waals surface area contributed by atoms with Crippen molar-refractivity contribution >= 4 is 5.91 Å². The minimum absolute atomic E-state index is 0.0711. The van der Waals surface area contributed by atoms with Crippen molar-refractivity contribution in [3.05, 3.63) is 0 Å². The second-order valence-electron chi connectivity index (χ2n) is 5.92. The molecule has 0 spiro atoms. The molecule has 0 radical (unpaired) electrons. The Labute approximate surface area is 125 Å². The number of hydrogen-bond acceptors (Lipinski definition) is 2. The predicted molar refractivity (Wildman–Crippen MR) is 85.8 cm³/mol. The van der Waals surface area contributed by atoms with Gasteiger partial charge in [0.05, 0.1) is 6.10 Å². The molecule has 0 fully saturated rings. The molecule has 120 valence electrons. The number of aliphatic hydroxyl groups is 1. The fourth-order valence-electron chi connectivity index (χ4n) is 2.27. The first kappa shape index (κ1) is 19.4. The van der Waals surface area contributed by atoms with Crippen molar-refractivity contribution in [2.75, 3.05) is 6.54 Å². The van der Waals surface area contributed by atoms with Gasteiger partial charge in [-0.1, -0.05) is 64.7 Å². The highest BCUT2D eigenvalue weighted by Gasteiger charge is 2.02. The molecule has 20 heavy (non-hydrogen) atoms. The molecule has 1 atom stereocenters. The number of carbonyl (C=O) groups excluding carboxylic acids is 1. The first-order valence-electron chi connectivity index (χ1n) is 8.61. The molecule has 0 aliphatic heterocycles. The Morgan fingerprint density at radius 3 is 1.95 bits per heavy atom. The normalized spacial score (nSPS) is 12.3. The van der Waals surface area contributed by atoms with Crippen LogP contribution in [0.1, 0.15) is 90.9 Å². The summed E-state index contributed by atoms with van der Waals surface area (Å²) >= 11 is 0. The zero-order chi connectivity index (χ0) is 15.1. The van der Waals surface area contributed by atoms with Crippen LogP contribution in [0.15, 0.2) is 0 Å². The van der Waals surface area contributed by atoms with Gasteiger partial charge in [0.1, 0.15) is 0 Å². The van der Waals surface area contributed by atoms with Crippen molar-refractivity contribution < 1.29 is 9.90 Å². The quantitative estimate of drug-likeness (QED) is 0.470. The number of aliphatic hydroxyl groups excluding tert-OH is 1. The maximum atomic E-state index is 11.4. The molecule has 0 saturated carbocycles. The van der Waals surface area contributed by atoms with E-state index in [-0.39, 0.29) is 12.0 Å². The molecule has 0 saturated heterocycles. The SMILES string of the molecule is CCCCCCCCCCCCNC(=O)CCC(C)O. The predicted octanol–water partition coefficient (Wildman–Crippen LogP) is 4.18. The Morgan fingerprint density at radius 2 is 1.45 bits per heavy atom. The van der Waals surface area contributed by atoms with Gasteiger partial charge < -0.3 is 10.4 Å². The standard InChI is InChI=1S/C17H35NO2/c1-3-4-5-6-7-8-9-10-11-12-15-18-17(20)14-13-16(2)19/h16,19H,3-15H2,1-2H3,(H,18,20). The van der Waals surface area contributed by atoms with Crippen LogP contribution in [0.3, 0.4) is 0 Å². The average Bonchev–Trinajstić information content (AvgIpc) is 2.42. The summed E-state index contributed by atoms with van der Waals surface area (Å²) in [6.07, 6.45) is 13.8. The smallest absolute Gasteiger partial charge is 0.220 e. The Hall–Kier alpha value is -0.570. The van der Waals surface area contributed by atoms with Gasteiger partial charge in [-0.15, -0.1) is 0 Å². The van der Waals surface area contributed by atoms with E-state index in [0.717, 1.165) is 13.0 Å². The van der Waals surface area contributed by atoms with E-state index >= 15 is 0 Å². The molecular formula is C17H35NO2. The van der Waals surface area contributed by atoms with Crippen molar-refractivity contribution in [2.45, 2.75) is 97.0 Å². The van der Waals surface area contributed by atoms with Crippen LogP contribution in [0.25, 0.3) is 0 Å². The lowest BCUT2D eigenvalue weighted by molar-refractivity contribution is -0.121. The van der Waals surface area contributed by atoms with E-state index in [1.165, 1.54) is 57.8 Å². The molecule has 0 aliphatic carbocycles. The molecule has 0 aromatic rings. The molecular weight excluding hydrogens is 250 g/mol. The number of carbonyl (C=O) groups is 1. The van der Waals surface area contributed by atoms with E-state index in [1.54, 1.807) is 6.92 Å². The van der Waals surface area contributed by atoms with Crippen molar-refractivity contribution in [2.24, 2.45) is 0 Å². The van der Waals surface area contributed by atoms with Crippen molar-refractivity contribution in [3.8, 4) is 0 Å². The third-order valence-electron chi connectivity index (χ3n) is 3.64. The third-order valence-corrected chi connectivity index (χ3v) is 3.64. The van der Waals surface area contributed by atoms with Crippen molar-refractivity contribution in [3.63, 3.8) is 0 Å². The molecule has 0 bridgehead atoms. The van der Waals surface area contributed by atoms with E-state index in [1.807, 2.05) is 0 Å². The van der Waals surface area contributed by atoms with E-state index < -0.39 is 0 Å². The summed E-state index contributed by atoms with van der Waals surface area (Å²) in [6.45, 7) is 4.76. The highest BCUT2D eigenvalue weighted by atomic mass is 16.3. The zero-order valence-corrected chi connectivity index (χ0v) is 13.6. The highest BCUT2D eigenvalue weighted by Crippen LogP contribution is 2.10. The van der Waals surface area contributed by atoms with Gasteiger partial charge in [-0.2, -0.15) is 0 Å². The summed E-state index contributed by atoms with van der Waals surface area (Å²) < 4.78 is 0. The Balaban J connectivity index is 3.11. The molecule has 1 unspecified atom stereocenters. The van der Waals surface area contributed by atoms with Gasteiger partial charge in [-0.05, 0) is 19.8 Å². The lowest BCUT2D eigenvalue weighted by atomic mass is 10.1. The fourth-order valence-corrected chi connectivity index (χ4v) is 2.27. The van der Waals surface area contributed by atoms with Gasteiger partial charge in [-0.3, -0.25) is 4.79 Å². The van der Waals surface area contributed by atoms with Gasteiger partial charge in [0.25, 0.3) is 0 Å². The van der Waals surface area contributed by atoms with Crippen LogP contribution in [-0.4, -0.2) is 23.7 Å². The van der Waals surface area contributed by atoms with E-state index in [0.29, 0.717) is 12.8 Å². The number of hydrogen-bond donors (Lipinski definition) is 2. The molecule has 1 amide bonds. The minimum atomic E-state index is -0.377. The van der Waals surface area contributed by atoms with Crippen LogP contribution in [0.2, 0.25) is 0 Å². The largest absolute Gasteiger partial charge is 0.393 e. The molecule has 0 heterocycles. The molecule has 3 nitrogen and oxygen atoms in total. The second kappa shape index (κ2) is 14.8.